The first-order valence-corrected chi connectivity index (χ1v) is 7.06. The summed E-state index contributed by atoms with van der Waals surface area (Å²) in [5.74, 6) is 1.94. The van der Waals surface area contributed by atoms with Crippen LogP contribution in [0, 0.1) is 6.92 Å². The van der Waals surface area contributed by atoms with E-state index in [1.54, 1.807) is 31.0 Å². The zero-order valence-electron chi connectivity index (χ0n) is 12.3. The average Bonchev–Trinajstić information content (AvgIpc) is 2.85. The van der Waals surface area contributed by atoms with Gasteiger partial charge in [0.05, 0.1) is 11.6 Å². The molecule has 0 N–H and O–H groups in total. The minimum atomic E-state index is -0.619. The first kappa shape index (κ1) is 15.4. The highest BCUT2D eigenvalue weighted by molar-refractivity contribution is 6.32. The standard InChI is InChI=1S/C16H18ClNO3/c1-11-8-9-13(20-11)10-18(3)16(19)12(2)21-15-7-5-4-6-14(15)17/h4-9,12H,10H2,1-3H3. The van der Waals surface area contributed by atoms with Crippen molar-refractivity contribution in [2.75, 3.05) is 7.05 Å². The van der Waals surface area contributed by atoms with Gasteiger partial charge in [0.25, 0.3) is 5.91 Å². The highest BCUT2D eigenvalue weighted by atomic mass is 35.5. The van der Waals surface area contributed by atoms with E-state index in [4.69, 9.17) is 20.8 Å². The van der Waals surface area contributed by atoms with Crippen molar-refractivity contribution < 1.29 is 13.9 Å². The lowest BCUT2D eigenvalue weighted by Gasteiger charge is -2.21. The van der Waals surface area contributed by atoms with E-state index in [0.29, 0.717) is 17.3 Å². The zero-order valence-corrected chi connectivity index (χ0v) is 13.1. The topological polar surface area (TPSA) is 42.7 Å². The lowest BCUT2D eigenvalue weighted by atomic mass is 10.3. The van der Waals surface area contributed by atoms with Gasteiger partial charge in [0.1, 0.15) is 17.3 Å². The van der Waals surface area contributed by atoms with Gasteiger partial charge in [0.15, 0.2) is 6.10 Å². The van der Waals surface area contributed by atoms with Gasteiger partial charge in [-0.15, -0.1) is 0 Å². The van der Waals surface area contributed by atoms with Crippen LogP contribution in [0.2, 0.25) is 5.02 Å². The maximum atomic E-state index is 12.3. The Hall–Kier alpha value is -1.94. The molecule has 0 aliphatic heterocycles. The number of benzene rings is 1. The Bertz CT molecular complexity index is 623. The van der Waals surface area contributed by atoms with Crippen molar-refractivity contribution in [1.29, 1.82) is 0 Å². The number of hydrogen-bond donors (Lipinski definition) is 0. The van der Waals surface area contributed by atoms with Crippen LogP contribution in [0.15, 0.2) is 40.8 Å². The molecule has 0 bridgehead atoms. The summed E-state index contributed by atoms with van der Waals surface area (Å²) in [6, 6.07) is 10.8. The number of halogens is 1. The number of aryl methyl sites for hydroxylation is 1. The van der Waals surface area contributed by atoms with E-state index in [1.807, 2.05) is 31.2 Å². The third-order valence-corrected chi connectivity index (χ3v) is 3.37. The lowest BCUT2D eigenvalue weighted by molar-refractivity contribution is -0.137. The van der Waals surface area contributed by atoms with Crippen LogP contribution in [0.1, 0.15) is 18.4 Å². The number of para-hydroxylation sites is 1. The molecule has 1 heterocycles. The largest absolute Gasteiger partial charge is 0.479 e. The SMILES string of the molecule is Cc1ccc(CN(C)C(=O)C(C)Oc2ccccc2Cl)o1. The van der Waals surface area contributed by atoms with Crippen LogP contribution in [0.25, 0.3) is 0 Å². The summed E-state index contributed by atoms with van der Waals surface area (Å²) in [5, 5.41) is 0.487. The lowest BCUT2D eigenvalue weighted by Crippen LogP contribution is -2.37. The van der Waals surface area contributed by atoms with Crippen molar-refractivity contribution in [3.63, 3.8) is 0 Å². The molecule has 0 aliphatic rings. The first-order valence-electron chi connectivity index (χ1n) is 6.69. The maximum Gasteiger partial charge on any atom is 0.263 e. The summed E-state index contributed by atoms with van der Waals surface area (Å²) in [4.78, 5) is 13.9. The predicted octanol–water partition coefficient (Wildman–Crippen LogP) is 3.67. The normalized spacial score (nSPS) is 12.0. The number of furan rings is 1. The van der Waals surface area contributed by atoms with Gasteiger partial charge >= 0.3 is 0 Å². The summed E-state index contributed by atoms with van der Waals surface area (Å²) in [7, 11) is 1.71. The Morgan fingerprint density at radius 2 is 2.05 bits per heavy atom. The van der Waals surface area contributed by atoms with E-state index in [2.05, 4.69) is 0 Å². The molecule has 112 valence electrons. The molecule has 0 aliphatic carbocycles. The van der Waals surface area contributed by atoms with Crippen LogP contribution in [0.3, 0.4) is 0 Å². The summed E-state index contributed by atoms with van der Waals surface area (Å²) >= 11 is 6.02. The first-order chi connectivity index (χ1) is 9.97. The van der Waals surface area contributed by atoms with Crippen molar-refractivity contribution in [2.45, 2.75) is 26.5 Å². The van der Waals surface area contributed by atoms with E-state index in [0.717, 1.165) is 11.5 Å². The summed E-state index contributed by atoms with van der Waals surface area (Å²) < 4.78 is 11.1. The fourth-order valence-corrected chi connectivity index (χ4v) is 2.15. The number of likely N-dealkylation sites (N-methyl/N-ethyl adjacent to an activating group) is 1. The fourth-order valence-electron chi connectivity index (χ4n) is 1.97. The van der Waals surface area contributed by atoms with Gasteiger partial charge in [0, 0.05) is 7.05 Å². The van der Waals surface area contributed by atoms with Crippen molar-refractivity contribution >= 4 is 17.5 Å². The number of rotatable bonds is 5. The number of amides is 1. The molecular formula is C16H18ClNO3. The molecule has 1 amide bonds. The molecule has 2 rings (SSSR count). The van der Waals surface area contributed by atoms with Crippen LogP contribution in [0.4, 0.5) is 0 Å². The molecule has 1 atom stereocenters. The fraction of sp³-hybridized carbons (Fsp3) is 0.312. The van der Waals surface area contributed by atoms with Crippen molar-refractivity contribution in [3.05, 3.63) is 52.9 Å². The zero-order chi connectivity index (χ0) is 15.4. The quantitative estimate of drug-likeness (QED) is 0.846. The average molecular weight is 308 g/mol. The summed E-state index contributed by atoms with van der Waals surface area (Å²) in [6.45, 7) is 3.98. The van der Waals surface area contributed by atoms with Crippen molar-refractivity contribution in [1.82, 2.24) is 4.90 Å². The van der Waals surface area contributed by atoms with E-state index in [-0.39, 0.29) is 5.91 Å². The minimum absolute atomic E-state index is 0.135. The van der Waals surface area contributed by atoms with Gasteiger partial charge in [-0.1, -0.05) is 23.7 Å². The molecule has 1 aromatic carbocycles. The Balaban J connectivity index is 1.97. The Labute approximate surface area is 129 Å². The third kappa shape index (κ3) is 4.02. The minimum Gasteiger partial charge on any atom is -0.479 e. The number of ether oxygens (including phenoxy) is 1. The summed E-state index contributed by atoms with van der Waals surface area (Å²) in [5.41, 5.74) is 0. The molecule has 0 saturated carbocycles. The molecule has 1 aromatic heterocycles. The van der Waals surface area contributed by atoms with Crippen LogP contribution in [-0.4, -0.2) is 24.0 Å². The number of carbonyl (C=O) groups is 1. The van der Waals surface area contributed by atoms with Crippen LogP contribution in [0.5, 0.6) is 5.75 Å². The second-order valence-electron chi connectivity index (χ2n) is 4.90. The summed E-state index contributed by atoms with van der Waals surface area (Å²) in [6.07, 6.45) is -0.619. The van der Waals surface area contributed by atoms with Gasteiger partial charge < -0.3 is 14.1 Å². The van der Waals surface area contributed by atoms with Crippen LogP contribution in [-0.2, 0) is 11.3 Å². The molecule has 5 heteroatoms. The van der Waals surface area contributed by atoms with Crippen molar-refractivity contribution in [3.8, 4) is 5.75 Å². The Morgan fingerprint density at radius 3 is 2.67 bits per heavy atom. The molecule has 4 nitrogen and oxygen atoms in total. The van der Waals surface area contributed by atoms with Crippen LogP contribution < -0.4 is 4.74 Å². The Kier molecular flexibility index (Phi) is 4.91. The number of hydrogen-bond acceptors (Lipinski definition) is 3. The molecule has 1 unspecified atom stereocenters. The third-order valence-electron chi connectivity index (χ3n) is 3.05. The molecule has 0 fully saturated rings. The van der Waals surface area contributed by atoms with Gasteiger partial charge in [-0.2, -0.15) is 0 Å². The molecular weight excluding hydrogens is 290 g/mol. The number of carbonyl (C=O) groups excluding carboxylic acids is 1. The molecule has 0 spiro atoms. The van der Waals surface area contributed by atoms with Crippen LogP contribution >= 0.6 is 11.6 Å². The smallest absolute Gasteiger partial charge is 0.263 e. The van der Waals surface area contributed by atoms with E-state index < -0.39 is 6.10 Å². The van der Waals surface area contributed by atoms with E-state index >= 15 is 0 Å². The Morgan fingerprint density at radius 1 is 1.33 bits per heavy atom. The van der Waals surface area contributed by atoms with Gasteiger partial charge in [-0.05, 0) is 38.1 Å². The molecule has 2 aromatic rings. The molecule has 0 saturated heterocycles. The molecule has 0 radical (unpaired) electrons. The number of nitrogens with zero attached hydrogens (tertiary/aromatic N) is 1. The van der Waals surface area contributed by atoms with Gasteiger partial charge in [-0.25, -0.2) is 0 Å². The maximum absolute atomic E-state index is 12.3. The highest BCUT2D eigenvalue weighted by Gasteiger charge is 2.20. The van der Waals surface area contributed by atoms with Crippen molar-refractivity contribution in [2.24, 2.45) is 0 Å². The van der Waals surface area contributed by atoms with Gasteiger partial charge in [-0.3, -0.25) is 4.79 Å². The predicted molar refractivity (Wildman–Crippen MR) is 81.5 cm³/mol. The molecule has 21 heavy (non-hydrogen) atoms. The second kappa shape index (κ2) is 6.68. The second-order valence-corrected chi connectivity index (χ2v) is 5.30. The monoisotopic (exact) mass is 307 g/mol. The van der Waals surface area contributed by atoms with E-state index in [1.165, 1.54) is 0 Å². The van der Waals surface area contributed by atoms with Gasteiger partial charge in [0.2, 0.25) is 0 Å². The highest BCUT2D eigenvalue weighted by Crippen LogP contribution is 2.24. The van der Waals surface area contributed by atoms with E-state index in [9.17, 15) is 4.79 Å².